The van der Waals surface area contributed by atoms with Gasteiger partial charge in [0.2, 0.25) is 0 Å². The van der Waals surface area contributed by atoms with Gasteiger partial charge in [0.1, 0.15) is 11.4 Å². The van der Waals surface area contributed by atoms with Crippen LogP contribution < -0.4 is 4.74 Å². The summed E-state index contributed by atoms with van der Waals surface area (Å²) < 4.78 is 13.5. The molecule has 0 spiro atoms. The number of ether oxygens (including phenoxy) is 2. The summed E-state index contributed by atoms with van der Waals surface area (Å²) in [7, 11) is 0. The van der Waals surface area contributed by atoms with Gasteiger partial charge in [-0.3, -0.25) is 4.79 Å². The fraction of sp³-hybridized carbons (Fsp3) is 0.250. The molecule has 1 aliphatic rings. The number of amides is 1. The molecule has 32 heavy (non-hydrogen) atoms. The van der Waals surface area contributed by atoms with Crippen molar-refractivity contribution < 1.29 is 14.3 Å². The lowest BCUT2D eigenvalue weighted by atomic mass is 10.0. The summed E-state index contributed by atoms with van der Waals surface area (Å²) in [4.78, 5) is 27.6. The summed E-state index contributed by atoms with van der Waals surface area (Å²) in [6.45, 7) is 2.34. The minimum atomic E-state index is -0.0370. The minimum Gasteiger partial charge on any atom is -0.424 e. The highest BCUT2D eigenvalue weighted by molar-refractivity contribution is 5.94. The van der Waals surface area contributed by atoms with Gasteiger partial charge in [0.25, 0.3) is 5.91 Å². The van der Waals surface area contributed by atoms with Crippen LogP contribution in [0.25, 0.3) is 5.65 Å². The monoisotopic (exact) mass is 429 g/mol. The Kier molecular flexibility index (Phi) is 5.76. The first-order valence-corrected chi connectivity index (χ1v) is 10.6. The zero-order valence-corrected chi connectivity index (χ0v) is 17.5. The number of carbonyl (C=O) groups is 1. The maximum atomic E-state index is 13.3. The number of hydrogen-bond donors (Lipinski definition) is 0. The van der Waals surface area contributed by atoms with Crippen molar-refractivity contribution in [3.8, 4) is 11.8 Å². The molecule has 0 aliphatic carbocycles. The number of nitrogens with zero attached hydrogens (tertiary/aromatic N) is 5. The Morgan fingerprint density at radius 2 is 2.00 bits per heavy atom. The van der Waals surface area contributed by atoms with E-state index in [0.717, 1.165) is 12.1 Å². The van der Waals surface area contributed by atoms with Crippen molar-refractivity contribution in [2.45, 2.75) is 6.42 Å². The summed E-state index contributed by atoms with van der Waals surface area (Å²) in [6.07, 6.45) is 9.86. The first-order valence-electron chi connectivity index (χ1n) is 10.6. The van der Waals surface area contributed by atoms with E-state index in [2.05, 4.69) is 27.2 Å². The van der Waals surface area contributed by atoms with E-state index in [1.807, 2.05) is 21.6 Å². The topological polar surface area (TPSA) is 81.8 Å². The Morgan fingerprint density at radius 1 is 1.09 bits per heavy atom. The van der Waals surface area contributed by atoms with Gasteiger partial charge in [-0.05, 0) is 42.3 Å². The number of rotatable bonds is 5. The average Bonchev–Trinajstić information content (AvgIpc) is 3.17. The van der Waals surface area contributed by atoms with Crippen LogP contribution in [-0.4, -0.2) is 56.5 Å². The van der Waals surface area contributed by atoms with Crippen LogP contribution >= 0.6 is 0 Å². The molecular formula is C24H23N5O3. The van der Waals surface area contributed by atoms with E-state index in [0.29, 0.717) is 37.6 Å². The number of benzene rings is 1. The van der Waals surface area contributed by atoms with Crippen LogP contribution in [0.15, 0.2) is 73.4 Å². The van der Waals surface area contributed by atoms with Crippen LogP contribution in [0.5, 0.6) is 11.8 Å². The molecule has 8 heteroatoms. The van der Waals surface area contributed by atoms with Gasteiger partial charge in [0, 0.05) is 55.6 Å². The third-order valence-corrected chi connectivity index (χ3v) is 5.43. The predicted octanol–water partition coefficient (Wildman–Crippen LogP) is 3.25. The van der Waals surface area contributed by atoms with E-state index in [4.69, 9.17) is 9.47 Å². The smallest absolute Gasteiger partial charge is 0.321 e. The molecule has 5 rings (SSSR count). The van der Waals surface area contributed by atoms with Crippen molar-refractivity contribution in [2.75, 3.05) is 26.3 Å². The van der Waals surface area contributed by atoms with Gasteiger partial charge in [0.05, 0.1) is 13.2 Å². The predicted molar refractivity (Wildman–Crippen MR) is 118 cm³/mol. The normalized spacial score (nSPS) is 16.6. The molecule has 4 aromatic rings. The third kappa shape index (κ3) is 4.60. The summed E-state index contributed by atoms with van der Waals surface area (Å²) >= 11 is 0. The molecule has 0 N–H and O–H groups in total. The van der Waals surface area contributed by atoms with Gasteiger partial charge in [0.15, 0.2) is 0 Å². The van der Waals surface area contributed by atoms with E-state index >= 15 is 0 Å². The van der Waals surface area contributed by atoms with Gasteiger partial charge in [-0.15, -0.1) is 0 Å². The molecule has 8 nitrogen and oxygen atoms in total. The molecule has 1 atom stereocenters. The number of carbonyl (C=O) groups excluding carboxylic acids is 1. The van der Waals surface area contributed by atoms with Crippen LogP contribution in [0.2, 0.25) is 0 Å². The van der Waals surface area contributed by atoms with E-state index in [1.165, 1.54) is 5.56 Å². The Balaban J connectivity index is 1.29. The summed E-state index contributed by atoms with van der Waals surface area (Å²) in [5, 5.41) is 0. The molecule has 1 aliphatic heterocycles. The van der Waals surface area contributed by atoms with E-state index < -0.39 is 0 Å². The Labute approximate surface area is 185 Å². The lowest BCUT2D eigenvalue weighted by Gasteiger charge is -2.24. The Hall–Kier alpha value is -3.78. The van der Waals surface area contributed by atoms with Gasteiger partial charge >= 0.3 is 6.01 Å². The lowest BCUT2D eigenvalue weighted by molar-refractivity contribution is 0.0737. The number of hydrogen-bond acceptors (Lipinski definition) is 6. The van der Waals surface area contributed by atoms with Gasteiger partial charge in [-0.25, -0.2) is 15.0 Å². The Morgan fingerprint density at radius 3 is 2.91 bits per heavy atom. The minimum absolute atomic E-state index is 0.0370. The molecular weight excluding hydrogens is 406 g/mol. The molecule has 0 saturated carbocycles. The van der Waals surface area contributed by atoms with Crippen molar-refractivity contribution >= 4 is 11.6 Å². The summed E-state index contributed by atoms with van der Waals surface area (Å²) in [6, 6.07) is 13.2. The van der Waals surface area contributed by atoms with Crippen LogP contribution in [0.1, 0.15) is 15.9 Å². The second kappa shape index (κ2) is 9.15. The first-order chi connectivity index (χ1) is 15.7. The third-order valence-electron chi connectivity index (χ3n) is 5.43. The van der Waals surface area contributed by atoms with Crippen molar-refractivity contribution in [2.24, 2.45) is 5.92 Å². The molecule has 1 amide bonds. The maximum absolute atomic E-state index is 13.3. The highest BCUT2D eigenvalue weighted by Crippen LogP contribution is 2.21. The first kappa shape index (κ1) is 20.1. The van der Waals surface area contributed by atoms with E-state index in [-0.39, 0.29) is 17.8 Å². The van der Waals surface area contributed by atoms with Crippen LogP contribution in [0, 0.1) is 5.92 Å². The number of aromatic nitrogens is 4. The summed E-state index contributed by atoms with van der Waals surface area (Å²) in [5.74, 6) is 0.697. The van der Waals surface area contributed by atoms with Gasteiger partial charge in [-0.2, -0.15) is 0 Å². The molecule has 0 unspecified atom stereocenters. The highest BCUT2D eigenvalue weighted by Gasteiger charge is 2.24. The van der Waals surface area contributed by atoms with E-state index in [9.17, 15) is 4.79 Å². The van der Waals surface area contributed by atoms with Crippen LogP contribution in [-0.2, 0) is 11.2 Å². The van der Waals surface area contributed by atoms with Crippen LogP contribution in [0.3, 0.4) is 0 Å². The van der Waals surface area contributed by atoms with Crippen LogP contribution in [0.4, 0.5) is 0 Å². The molecule has 0 bridgehead atoms. The molecule has 1 fully saturated rings. The fourth-order valence-electron chi connectivity index (χ4n) is 3.93. The second-order valence-electron chi connectivity index (χ2n) is 7.79. The zero-order valence-electron chi connectivity index (χ0n) is 17.5. The molecule has 4 heterocycles. The second-order valence-corrected chi connectivity index (χ2v) is 7.79. The average molecular weight is 429 g/mol. The van der Waals surface area contributed by atoms with Crippen molar-refractivity contribution in [1.82, 2.24) is 24.3 Å². The lowest BCUT2D eigenvalue weighted by Crippen LogP contribution is -2.36. The molecule has 0 radical (unpaired) electrons. The Bertz CT molecular complexity index is 1210. The molecule has 3 aromatic heterocycles. The van der Waals surface area contributed by atoms with Crippen molar-refractivity contribution in [3.63, 3.8) is 0 Å². The SMILES string of the molecule is O=C(c1cccc(Oc2ncccn2)c1)N1CCOC[C@H](Cc2ccc3nccn3c2)C1. The largest absolute Gasteiger partial charge is 0.424 e. The van der Waals surface area contributed by atoms with Crippen molar-refractivity contribution in [1.29, 1.82) is 0 Å². The number of pyridine rings is 1. The number of imidazole rings is 1. The maximum Gasteiger partial charge on any atom is 0.321 e. The van der Waals surface area contributed by atoms with Gasteiger partial charge in [-0.1, -0.05) is 12.1 Å². The van der Waals surface area contributed by atoms with Gasteiger partial charge < -0.3 is 18.8 Å². The standard InChI is InChI=1S/C24H23N5O3/c30-23(20-3-1-4-21(14-20)32-24-26-7-2-8-27-24)29-11-12-31-17-19(16-29)13-18-5-6-22-25-9-10-28(22)15-18/h1-10,14-15,19H,11-13,16-17H2/t19-/m1/s1. The van der Waals surface area contributed by atoms with Crippen molar-refractivity contribution in [3.05, 3.63) is 84.6 Å². The zero-order chi connectivity index (χ0) is 21.8. The molecule has 1 aromatic carbocycles. The van der Waals surface area contributed by atoms with E-state index in [1.54, 1.807) is 48.9 Å². The summed E-state index contributed by atoms with van der Waals surface area (Å²) in [5.41, 5.74) is 2.68. The molecule has 1 saturated heterocycles. The molecule has 162 valence electrons. The fourth-order valence-corrected chi connectivity index (χ4v) is 3.93. The highest BCUT2D eigenvalue weighted by atomic mass is 16.5. The number of fused-ring (bicyclic) bond motifs is 1. The quantitative estimate of drug-likeness (QED) is 0.484.